The van der Waals surface area contributed by atoms with Gasteiger partial charge < -0.3 is 5.73 Å². The van der Waals surface area contributed by atoms with Crippen LogP contribution < -0.4 is 5.73 Å². The van der Waals surface area contributed by atoms with Crippen molar-refractivity contribution in [2.75, 3.05) is 31.9 Å². The van der Waals surface area contributed by atoms with E-state index in [1.54, 1.807) is 16.4 Å². The summed E-state index contributed by atoms with van der Waals surface area (Å²) in [6, 6.07) is 3.75. The molecule has 2 rings (SSSR count). The summed E-state index contributed by atoms with van der Waals surface area (Å²) in [4.78, 5) is 2.60. The molecule has 1 fully saturated rings. The molecule has 21 heavy (non-hydrogen) atoms. The average molecular weight is 311 g/mol. The van der Waals surface area contributed by atoms with Crippen molar-refractivity contribution in [3.05, 3.63) is 23.3 Å². The van der Waals surface area contributed by atoms with Crippen molar-refractivity contribution in [2.24, 2.45) is 0 Å². The predicted molar refractivity (Wildman–Crippen MR) is 85.8 cm³/mol. The summed E-state index contributed by atoms with van der Waals surface area (Å²) in [5.74, 6) is 0. The van der Waals surface area contributed by atoms with Crippen LogP contribution in [0.25, 0.3) is 0 Å². The highest BCUT2D eigenvalue weighted by Crippen LogP contribution is 2.25. The first-order chi connectivity index (χ1) is 9.73. The van der Waals surface area contributed by atoms with Crippen LogP contribution >= 0.6 is 0 Å². The number of nitrogens with two attached hydrogens (primary N) is 1. The van der Waals surface area contributed by atoms with E-state index in [1.165, 1.54) is 0 Å². The Bertz CT molecular complexity index is 595. The Balaban J connectivity index is 2.24. The van der Waals surface area contributed by atoms with Crippen LogP contribution in [0.15, 0.2) is 17.0 Å². The lowest BCUT2D eigenvalue weighted by Gasteiger charge is -2.36. The van der Waals surface area contributed by atoms with Gasteiger partial charge >= 0.3 is 0 Å². The van der Waals surface area contributed by atoms with Crippen molar-refractivity contribution in [2.45, 2.75) is 38.6 Å². The molecule has 0 saturated carbocycles. The molecule has 0 aliphatic carbocycles. The molecule has 0 radical (unpaired) electrons. The highest BCUT2D eigenvalue weighted by Gasteiger charge is 2.29. The van der Waals surface area contributed by atoms with Crippen molar-refractivity contribution >= 4 is 15.7 Å². The van der Waals surface area contributed by atoms with Gasteiger partial charge in [-0.15, -0.1) is 0 Å². The molecule has 0 spiro atoms. The number of hydrogen-bond donors (Lipinski definition) is 1. The molecule has 1 aliphatic heterocycles. The first-order valence-corrected chi connectivity index (χ1v) is 8.78. The Hall–Kier alpha value is -1.11. The average Bonchev–Trinajstić information content (AvgIpc) is 2.44. The predicted octanol–water partition coefficient (Wildman–Crippen LogP) is 1.60. The van der Waals surface area contributed by atoms with Crippen LogP contribution in [0, 0.1) is 13.8 Å². The Morgan fingerprint density at radius 2 is 1.67 bits per heavy atom. The van der Waals surface area contributed by atoms with Crippen LogP contribution in [0.3, 0.4) is 0 Å². The molecule has 0 bridgehead atoms. The first-order valence-electron chi connectivity index (χ1n) is 7.34. The Kier molecular flexibility index (Phi) is 4.60. The zero-order chi connectivity index (χ0) is 15.8. The number of sulfonamides is 1. The Morgan fingerprint density at radius 1 is 1.10 bits per heavy atom. The van der Waals surface area contributed by atoms with E-state index in [9.17, 15) is 8.42 Å². The number of hydrogen-bond acceptors (Lipinski definition) is 4. The molecule has 1 aromatic carbocycles. The molecular weight excluding hydrogens is 286 g/mol. The maximum atomic E-state index is 12.7. The highest BCUT2D eigenvalue weighted by atomic mass is 32.2. The van der Waals surface area contributed by atoms with E-state index >= 15 is 0 Å². The normalized spacial score (nSPS) is 18.3. The number of rotatable bonds is 3. The second-order valence-corrected chi connectivity index (χ2v) is 7.93. The summed E-state index contributed by atoms with van der Waals surface area (Å²) in [5.41, 5.74) is 8.31. The molecule has 2 N–H and O–H groups in total. The largest absolute Gasteiger partial charge is 0.398 e. The fourth-order valence-corrected chi connectivity index (χ4v) is 4.15. The minimum Gasteiger partial charge on any atom is -0.398 e. The fraction of sp³-hybridized carbons (Fsp3) is 0.600. The van der Waals surface area contributed by atoms with Gasteiger partial charge in [-0.25, -0.2) is 8.42 Å². The molecule has 1 aromatic rings. The van der Waals surface area contributed by atoms with Gasteiger partial charge in [0, 0.05) is 37.9 Å². The summed E-state index contributed by atoms with van der Waals surface area (Å²) in [6.07, 6.45) is 0. The van der Waals surface area contributed by atoms with Crippen molar-refractivity contribution in [1.29, 1.82) is 0 Å². The minimum atomic E-state index is -3.45. The van der Waals surface area contributed by atoms with Crippen LogP contribution in [0.2, 0.25) is 0 Å². The fourth-order valence-electron chi connectivity index (χ4n) is 2.61. The van der Waals surface area contributed by atoms with Gasteiger partial charge in [0.05, 0.1) is 4.90 Å². The zero-order valence-corrected chi connectivity index (χ0v) is 14.1. The Morgan fingerprint density at radius 3 is 2.14 bits per heavy atom. The lowest BCUT2D eigenvalue weighted by molar-refractivity contribution is 0.154. The van der Waals surface area contributed by atoms with E-state index in [4.69, 9.17) is 5.73 Å². The molecule has 1 saturated heterocycles. The molecule has 0 aromatic heterocycles. The van der Waals surface area contributed by atoms with Crippen LogP contribution in [-0.4, -0.2) is 49.8 Å². The van der Waals surface area contributed by atoms with Gasteiger partial charge in [-0.05, 0) is 51.0 Å². The van der Waals surface area contributed by atoms with Crippen LogP contribution in [0.4, 0.5) is 5.69 Å². The maximum absolute atomic E-state index is 12.7. The smallest absolute Gasteiger partial charge is 0.243 e. The molecular formula is C15H25N3O2S. The van der Waals surface area contributed by atoms with Gasteiger partial charge in [-0.3, -0.25) is 4.90 Å². The number of aryl methyl sites for hydroxylation is 1. The van der Waals surface area contributed by atoms with Gasteiger partial charge in [0.15, 0.2) is 0 Å². The van der Waals surface area contributed by atoms with Gasteiger partial charge in [0.1, 0.15) is 0 Å². The van der Waals surface area contributed by atoms with E-state index in [1.807, 2.05) is 13.8 Å². The van der Waals surface area contributed by atoms with Gasteiger partial charge in [-0.1, -0.05) is 0 Å². The van der Waals surface area contributed by atoms with E-state index in [-0.39, 0.29) is 0 Å². The van der Waals surface area contributed by atoms with E-state index in [0.717, 1.165) is 24.2 Å². The summed E-state index contributed by atoms with van der Waals surface area (Å²) < 4.78 is 27.0. The van der Waals surface area contributed by atoms with E-state index < -0.39 is 10.0 Å². The second kappa shape index (κ2) is 5.94. The number of piperazine rings is 1. The standard InChI is InChI=1S/C15H25N3O2S/c1-11(2)17-5-7-18(8-6-17)21(19,20)14-9-12(3)13(4)15(16)10-14/h9-11H,5-8,16H2,1-4H3. The van der Waals surface area contributed by atoms with Crippen LogP contribution in [-0.2, 0) is 10.0 Å². The third-order valence-corrected chi connectivity index (χ3v) is 6.20. The molecule has 1 heterocycles. The number of nitrogens with zero attached hydrogens (tertiary/aromatic N) is 2. The quantitative estimate of drug-likeness (QED) is 0.861. The molecule has 0 atom stereocenters. The third kappa shape index (κ3) is 3.22. The lowest BCUT2D eigenvalue weighted by Crippen LogP contribution is -2.50. The molecule has 118 valence electrons. The van der Waals surface area contributed by atoms with Gasteiger partial charge in [0.2, 0.25) is 10.0 Å². The minimum absolute atomic E-state index is 0.307. The monoisotopic (exact) mass is 311 g/mol. The van der Waals surface area contributed by atoms with Gasteiger partial charge in [-0.2, -0.15) is 4.31 Å². The van der Waals surface area contributed by atoms with Crippen LogP contribution in [0.5, 0.6) is 0 Å². The molecule has 0 amide bonds. The van der Waals surface area contributed by atoms with Crippen molar-refractivity contribution in [3.8, 4) is 0 Å². The summed E-state index contributed by atoms with van der Waals surface area (Å²) in [6.45, 7) is 10.7. The molecule has 0 unspecified atom stereocenters. The Labute approximate surface area is 127 Å². The van der Waals surface area contributed by atoms with Gasteiger partial charge in [0.25, 0.3) is 0 Å². The summed E-state index contributed by atoms with van der Waals surface area (Å²) in [7, 11) is -3.45. The molecule has 6 heteroatoms. The number of benzene rings is 1. The maximum Gasteiger partial charge on any atom is 0.243 e. The third-order valence-electron chi connectivity index (χ3n) is 4.32. The van der Waals surface area contributed by atoms with Crippen molar-refractivity contribution in [3.63, 3.8) is 0 Å². The van der Waals surface area contributed by atoms with Crippen molar-refractivity contribution in [1.82, 2.24) is 9.21 Å². The van der Waals surface area contributed by atoms with Crippen LogP contribution in [0.1, 0.15) is 25.0 Å². The molecule has 1 aliphatic rings. The number of nitrogen functional groups attached to an aromatic ring is 1. The first kappa shape index (κ1) is 16.3. The van der Waals surface area contributed by atoms with E-state index in [2.05, 4.69) is 18.7 Å². The topological polar surface area (TPSA) is 66.6 Å². The van der Waals surface area contributed by atoms with Crippen molar-refractivity contribution < 1.29 is 8.42 Å². The summed E-state index contributed by atoms with van der Waals surface area (Å²) in [5, 5.41) is 0. The molecule has 5 nitrogen and oxygen atoms in total. The second-order valence-electron chi connectivity index (χ2n) is 5.99. The lowest BCUT2D eigenvalue weighted by atomic mass is 10.1. The SMILES string of the molecule is Cc1cc(S(=O)(=O)N2CCN(C(C)C)CC2)cc(N)c1C. The highest BCUT2D eigenvalue weighted by molar-refractivity contribution is 7.89. The summed E-state index contributed by atoms with van der Waals surface area (Å²) >= 11 is 0. The zero-order valence-electron chi connectivity index (χ0n) is 13.3. The number of anilines is 1. The van der Waals surface area contributed by atoms with E-state index in [0.29, 0.717) is 29.7 Å².